The normalized spacial score (nSPS) is 14.9. The summed E-state index contributed by atoms with van der Waals surface area (Å²) in [5.41, 5.74) is 0.177. The van der Waals surface area contributed by atoms with Crippen LogP contribution in [0.2, 0.25) is 5.02 Å². The highest BCUT2D eigenvalue weighted by atomic mass is 79.9. The molecule has 4 rings (SSSR count). The molecule has 0 atom stereocenters. The molecule has 3 aromatic carbocycles. The molecular formula is C28H21BrClF3N2O5. The monoisotopic (exact) mass is 636 g/mol. The van der Waals surface area contributed by atoms with E-state index in [0.717, 1.165) is 23.3 Å². The largest absolute Gasteiger partial charge is 0.490 e. The summed E-state index contributed by atoms with van der Waals surface area (Å²) in [6.07, 6.45) is -3.56. The van der Waals surface area contributed by atoms with Crippen molar-refractivity contribution in [3.8, 4) is 11.5 Å². The number of barbiturate groups is 1. The Kier molecular flexibility index (Phi) is 8.55. The van der Waals surface area contributed by atoms with Crippen LogP contribution in [-0.4, -0.2) is 24.5 Å². The maximum Gasteiger partial charge on any atom is 0.416 e. The van der Waals surface area contributed by atoms with Gasteiger partial charge in [0, 0.05) is 0 Å². The lowest BCUT2D eigenvalue weighted by atomic mass is 10.1. The fraction of sp³-hybridized carbons (Fsp3) is 0.179. The lowest BCUT2D eigenvalue weighted by molar-refractivity contribution is -0.137. The number of anilines is 1. The second kappa shape index (κ2) is 11.7. The van der Waals surface area contributed by atoms with Crippen LogP contribution in [0.3, 0.4) is 0 Å². The standard InChI is InChI=1S/C28H21BrClF3N2O5/c1-3-39-23-12-17(11-20(29)24(23)40-14-16-6-4-5-15(2)9-16)10-19-25(36)34-27(38)35(26(19)37)22-13-18(28(31,32)33)7-8-21(22)30/h4-13H,3,14H2,1-2H3,(H,34,36,38)/b19-10-. The van der Waals surface area contributed by atoms with E-state index in [1.54, 1.807) is 13.0 Å². The van der Waals surface area contributed by atoms with Gasteiger partial charge in [0.2, 0.25) is 0 Å². The molecule has 1 saturated heterocycles. The van der Waals surface area contributed by atoms with Gasteiger partial charge in [0.15, 0.2) is 11.5 Å². The number of halogens is 5. The number of urea groups is 1. The number of ether oxygens (including phenoxy) is 2. The van der Waals surface area contributed by atoms with E-state index >= 15 is 0 Å². The van der Waals surface area contributed by atoms with Crippen molar-refractivity contribution in [3.05, 3.63) is 91.9 Å². The summed E-state index contributed by atoms with van der Waals surface area (Å²) in [6, 6.07) is 11.8. The number of rotatable bonds is 7. The summed E-state index contributed by atoms with van der Waals surface area (Å²) in [5.74, 6) is -1.47. The third-order valence-electron chi connectivity index (χ3n) is 5.72. The van der Waals surface area contributed by atoms with Gasteiger partial charge in [-0.05, 0) is 77.3 Å². The lowest BCUT2D eigenvalue weighted by Crippen LogP contribution is -2.54. The van der Waals surface area contributed by atoms with Gasteiger partial charge >= 0.3 is 12.2 Å². The van der Waals surface area contributed by atoms with Crippen molar-refractivity contribution in [2.24, 2.45) is 0 Å². The summed E-state index contributed by atoms with van der Waals surface area (Å²) in [7, 11) is 0. The van der Waals surface area contributed by atoms with Gasteiger partial charge in [-0.25, -0.2) is 9.69 Å². The van der Waals surface area contributed by atoms with Crippen molar-refractivity contribution >= 4 is 57.1 Å². The molecule has 0 aliphatic carbocycles. The Morgan fingerprint density at radius 2 is 1.80 bits per heavy atom. The predicted octanol–water partition coefficient (Wildman–Crippen LogP) is 7.07. The molecule has 4 amide bonds. The zero-order valence-electron chi connectivity index (χ0n) is 21.1. The van der Waals surface area contributed by atoms with Gasteiger partial charge in [-0.15, -0.1) is 0 Å². The Hall–Kier alpha value is -3.83. The number of hydrogen-bond acceptors (Lipinski definition) is 5. The predicted molar refractivity (Wildman–Crippen MR) is 146 cm³/mol. The van der Waals surface area contributed by atoms with Gasteiger partial charge in [-0.2, -0.15) is 13.2 Å². The fourth-order valence-corrected chi connectivity index (χ4v) is 4.71. The van der Waals surface area contributed by atoms with E-state index in [1.807, 2.05) is 36.5 Å². The lowest BCUT2D eigenvalue weighted by Gasteiger charge is -2.27. The van der Waals surface area contributed by atoms with E-state index in [-0.39, 0.29) is 18.2 Å². The Bertz CT molecular complexity index is 1540. The van der Waals surface area contributed by atoms with Crippen LogP contribution in [0.4, 0.5) is 23.7 Å². The van der Waals surface area contributed by atoms with Gasteiger partial charge in [-0.1, -0.05) is 41.4 Å². The minimum Gasteiger partial charge on any atom is -0.490 e. The molecule has 1 heterocycles. The third kappa shape index (κ3) is 6.31. The van der Waals surface area contributed by atoms with Gasteiger partial charge in [0.1, 0.15) is 12.2 Å². The van der Waals surface area contributed by atoms with E-state index in [0.29, 0.717) is 32.5 Å². The first kappa shape index (κ1) is 29.2. The number of carbonyl (C=O) groups is 3. The van der Waals surface area contributed by atoms with Crippen LogP contribution in [0.25, 0.3) is 6.08 Å². The number of amides is 4. The zero-order chi connectivity index (χ0) is 29.2. The van der Waals surface area contributed by atoms with E-state index in [2.05, 4.69) is 15.9 Å². The summed E-state index contributed by atoms with van der Waals surface area (Å²) < 4.78 is 52.0. The number of benzene rings is 3. The number of carbonyl (C=O) groups excluding carboxylic acids is 3. The van der Waals surface area contributed by atoms with Crippen LogP contribution in [-0.2, 0) is 22.4 Å². The molecule has 1 fully saturated rings. The van der Waals surface area contributed by atoms with E-state index in [9.17, 15) is 27.6 Å². The molecule has 7 nitrogen and oxygen atoms in total. The molecule has 1 aliphatic heterocycles. The second-order valence-corrected chi connectivity index (χ2v) is 9.92. The van der Waals surface area contributed by atoms with Crippen molar-refractivity contribution < 1.29 is 37.0 Å². The molecule has 0 unspecified atom stereocenters. The summed E-state index contributed by atoms with van der Waals surface area (Å²) in [5, 5.41) is 1.68. The zero-order valence-corrected chi connectivity index (χ0v) is 23.4. The Balaban J connectivity index is 1.70. The quantitative estimate of drug-likeness (QED) is 0.221. The highest BCUT2D eigenvalue weighted by molar-refractivity contribution is 9.10. The molecule has 3 aromatic rings. The van der Waals surface area contributed by atoms with E-state index in [1.165, 1.54) is 12.1 Å². The van der Waals surface area contributed by atoms with Crippen LogP contribution in [0.15, 0.2) is 64.6 Å². The average Bonchev–Trinajstić information content (AvgIpc) is 2.86. The first-order valence-electron chi connectivity index (χ1n) is 11.8. The summed E-state index contributed by atoms with van der Waals surface area (Å²) in [4.78, 5) is 38.8. The Morgan fingerprint density at radius 1 is 1.05 bits per heavy atom. The van der Waals surface area contributed by atoms with Crippen LogP contribution >= 0.6 is 27.5 Å². The molecular weight excluding hydrogens is 617 g/mol. The first-order valence-corrected chi connectivity index (χ1v) is 13.0. The van der Waals surface area contributed by atoms with Crippen molar-refractivity contribution in [2.45, 2.75) is 26.6 Å². The van der Waals surface area contributed by atoms with Crippen molar-refractivity contribution in [2.75, 3.05) is 11.5 Å². The van der Waals surface area contributed by atoms with Crippen LogP contribution in [0, 0.1) is 6.92 Å². The molecule has 12 heteroatoms. The van der Waals surface area contributed by atoms with Crippen LogP contribution in [0.5, 0.6) is 11.5 Å². The summed E-state index contributed by atoms with van der Waals surface area (Å²) >= 11 is 9.49. The van der Waals surface area contributed by atoms with Crippen molar-refractivity contribution in [3.63, 3.8) is 0 Å². The maximum atomic E-state index is 13.3. The van der Waals surface area contributed by atoms with Gasteiger partial charge in [0.05, 0.1) is 27.4 Å². The van der Waals surface area contributed by atoms with E-state index in [4.69, 9.17) is 21.1 Å². The molecule has 0 saturated carbocycles. The topological polar surface area (TPSA) is 84.9 Å². The van der Waals surface area contributed by atoms with Gasteiger partial charge < -0.3 is 9.47 Å². The van der Waals surface area contributed by atoms with Gasteiger partial charge in [-0.3, -0.25) is 14.9 Å². The number of aryl methyl sites for hydroxylation is 1. The maximum absolute atomic E-state index is 13.3. The third-order valence-corrected chi connectivity index (χ3v) is 6.63. The van der Waals surface area contributed by atoms with Crippen LogP contribution in [0.1, 0.15) is 29.2 Å². The number of nitrogens with zero attached hydrogens (tertiary/aromatic N) is 1. The fourth-order valence-electron chi connectivity index (χ4n) is 3.93. The Morgan fingerprint density at radius 3 is 2.48 bits per heavy atom. The number of nitrogens with one attached hydrogen (secondary N) is 1. The smallest absolute Gasteiger partial charge is 0.416 e. The minimum absolute atomic E-state index is 0.247. The molecule has 1 aliphatic rings. The minimum atomic E-state index is -4.76. The van der Waals surface area contributed by atoms with Crippen LogP contribution < -0.4 is 19.7 Å². The van der Waals surface area contributed by atoms with Crippen molar-refractivity contribution in [1.29, 1.82) is 0 Å². The molecule has 0 spiro atoms. The molecule has 40 heavy (non-hydrogen) atoms. The number of hydrogen-bond donors (Lipinski definition) is 1. The molecule has 0 bridgehead atoms. The molecule has 0 aromatic heterocycles. The molecule has 208 valence electrons. The van der Waals surface area contributed by atoms with Crippen molar-refractivity contribution in [1.82, 2.24) is 5.32 Å². The SMILES string of the molecule is CCOc1cc(/C=C2/C(=O)NC(=O)N(c3cc(C(F)(F)F)ccc3Cl)C2=O)cc(Br)c1OCc1cccc(C)c1. The highest BCUT2D eigenvalue weighted by Gasteiger charge is 2.39. The first-order chi connectivity index (χ1) is 18.9. The molecule has 1 N–H and O–H groups in total. The second-order valence-electron chi connectivity index (χ2n) is 8.66. The number of alkyl halides is 3. The summed E-state index contributed by atoms with van der Waals surface area (Å²) in [6.45, 7) is 4.26. The number of imide groups is 2. The average molecular weight is 638 g/mol. The van der Waals surface area contributed by atoms with Gasteiger partial charge in [0.25, 0.3) is 11.8 Å². The Labute approximate surface area is 240 Å². The molecule has 0 radical (unpaired) electrons. The highest BCUT2D eigenvalue weighted by Crippen LogP contribution is 2.39. The van der Waals surface area contributed by atoms with E-state index < -0.39 is 40.8 Å².